The Bertz CT molecular complexity index is 326. The van der Waals surface area contributed by atoms with E-state index in [4.69, 9.17) is 0 Å². The molecule has 0 saturated carbocycles. The van der Waals surface area contributed by atoms with Gasteiger partial charge in [0.1, 0.15) is 0 Å². The van der Waals surface area contributed by atoms with Crippen LogP contribution in [0.15, 0.2) is 30.3 Å². The average Bonchev–Trinajstić information content (AvgIpc) is 2.66. The molecule has 2 nitrogen and oxygen atoms in total. The first-order valence-corrected chi connectivity index (χ1v) is 7.68. The molecule has 0 aliphatic carbocycles. The van der Waals surface area contributed by atoms with Crippen LogP contribution in [-0.2, 0) is 10.1 Å². The molecule has 1 aliphatic heterocycles. The Labute approximate surface area is 96.6 Å². The Hall–Kier alpha value is -0.791. The molecule has 1 amide bonds. The van der Waals surface area contributed by atoms with Crippen LogP contribution in [0.25, 0.3) is 0 Å². The van der Waals surface area contributed by atoms with E-state index in [2.05, 4.69) is 29.6 Å². The first-order valence-electron chi connectivity index (χ1n) is 5.25. The molecule has 1 heterocycles. The van der Waals surface area contributed by atoms with Gasteiger partial charge in [0.2, 0.25) is 0 Å². The van der Waals surface area contributed by atoms with E-state index in [0.29, 0.717) is 21.0 Å². The van der Waals surface area contributed by atoms with Crippen molar-refractivity contribution in [2.45, 2.75) is 29.5 Å². The van der Waals surface area contributed by atoms with Gasteiger partial charge >= 0.3 is 96.4 Å². The van der Waals surface area contributed by atoms with Crippen molar-refractivity contribution in [2.75, 3.05) is 0 Å². The van der Waals surface area contributed by atoms with E-state index in [1.54, 1.807) is 0 Å². The van der Waals surface area contributed by atoms with Crippen LogP contribution in [0, 0.1) is 0 Å². The Morgan fingerprint density at radius 3 is 2.80 bits per heavy atom. The third-order valence-electron chi connectivity index (χ3n) is 2.52. The topological polar surface area (TPSA) is 29.1 Å². The molecule has 1 saturated heterocycles. The molecule has 1 aromatic carbocycles. The minimum atomic E-state index is 0.232. The number of nitrogens with one attached hydrogen (secondary N) is 1. The second-order valence-corrected chi connectivity index (χ2v) is 5.97. The van der Waals surface area contributed by atoms with Gasteiger partial charge in [0, 0.05) is 0 Å². The quantitative estimate of drug-likeness (QED) is 0.825. The van der Waals surface area contributed by atoms with Gasteiger partial charge in [0.05, 0.1) is 0 Å². The van der Waals surface area contributed by atoms with Crippen LogP contribution in [0.2, 0.25) is 5.32 Å². The van der Waals surface area contributed by atoms with Gasteiger partial charge in [-0.25, -0.2) is 0 Å². The van der Waals surface area contributed by atoms with Crippen LogP contribution >= 0.6 is 0 Å². The predicted molar refractivity (Wildman–Crippen MR) is 61.9 cm³/mol. The predicted octanol–water partition coefficient (Wildman–Crippen LogP) is 1.59. The van der Waals surface area contributed by atoms with Crippen molar-refractivity contribution in [3.63, 3.8) is 0 Å². The zero-order valence-corrected chi connectivity index (χ0v) is 10.3. The summed E-state index contributed by atoms with van der Waals surface area (Å²) in [5.41, 5.74) is 1.42. The zero-order chi connectivity index (χ0) is 10.5. The number of carbonyl (C=O) groups excluding carboxylic acids is 1. The molecule has 2 rings (SSSR count). The average molecular weight is 268 g/mol. The zero-order valence-electron chi connectivity index (χ0n) is 8.61. The fraction of sp³-hybridized carbons (Fsp3) is 0.417. The van der Waals surface area contributed by atoms with E-state index >= 15 is 0 Å². The summed E-state index contributed by atoms with van der Waals surface area (Å²) >= 11 is 0.615. The Morgan fingerprint density at radius 1 is 1.33 bits per heavy atom. The van der Waals surface area contributed by atoms with Crippen LogP contribution in [0.3, 0.4) is 0 Å². The molecule has 0 spiro atoms. The molecule has 0 aromatic heterocycles. The van der Waals surface area contributed by atoms with Crippen molar-refractivity contribution in [2.24, 2.45) is 0 Å². The normalized spacial score (nSPS) is 20.3. The molecule has 1 aliphatic rings. The van der Waals surface area contributed by atoms with Crippen molar-refractivity contribution >= 4 is 20.9 Å². The standard InChI is InChI=1S/C12H15NOSe/c14-12-7-6-11(13-12)9-15-8-10-4-2-1-3-5-10/h1-5,11H,6-9H2,(H,13,14)/t11-/m0/s1. The first kappa shape index (κ1) is 10.7. The van der Waals surface area contributed by atoms with E-state index < -0.39 is 0 Å². The van der Waals surface area contributed by atoms with Gasteiger partial charge in [-0.1, -0.05) is 0 Å². The molecule has 1 aromatic rings. The van der Waals surface area contributed by atoms with Gasteiger partial charge in [0.15, 0.2) is 0 Å². The van der Waals surface area contributed by atoms with Crippen LogP contribution in [-0.4, -0.2) is 26.9 Å². The number of amides is 1. The fourth-order valence-corrected chi connectivity index (χ4v) is 3.96. The van der Waals surface area contributed by atoms with Gasteiger partial charge in [-0.2, -0.15) is 0 Å². The van der Waals surface area contributed by atoms with E-state index in [9.17, 15) is 4.79 Å². The number of benzene rings is 1. The van der Waals surface area contributed by atoms with Crippen LogP contribution in [0.4, 0.5) is 0 Å². The fourth-order valence-electron chi connectivity index (χ4n) is 1.70. The van der Waals surface area contributed by atoms with E-state index in [0.717, 1.165) is 12.8 Å². The summed E-state index contributed by atoms with van der Waals surface area (Å²) in [4.78, 5) is 11.0. The van der Waals surface area contributed by atoms with Crippen molar-refractivity contribution in [1.29, 1.82) is 0 Å². The molecule has 0 unspecified atom stereocenters. The molecule has 1 atom stereocenters. The summed E-state index contributed by atoms with van der Waals surface area (Å²) in [6, 6.07) is 11.0. The molecule has 1 fully saturated rings. The summed E-state index contributed by atoms with van der Waals surface area (Å²) in [6.07, 6.45) is 1.77. The van der Waals surface area contributed by atoms with Gasteiger partial charge in [-0.3, -0.25) is 0 Å². The van der Waals surface area contributed by atoms with Crippen molar-refractivity contribution in [3.8, 4) is 0 Å². The maximum absolute atomic E-state index is 11.0. The molecule has 80 valence electrons. The van der Waals surface area contributed by atoms with Crippen molar-refractivity contribution in [1.82, 2.24) is 5.32 Å². The Morgan fingerprint density at radius 2 is 2.13 bits per heavy atom. The van der Waals surface area contributed by atoms with Gasteiger partial charge in [0.25, 0.3) is 0 Å². The molecular formula is C12H15NOSe. The van der Waals surface area contributed by atoms with Gasteiger partial charge in [-0.05, 0) is 0 Å². The molecule has 0 radical (unpaired) electrons. The number of carbonyl (C=O) groups is 1. The maximum atomic E-state index is 11.0. The van der Waals surface area contributed by atoms with Gasteiger partial charge < -0.3 is 0 Å². The van der Waals surface area contributed by atoms with Crippen molar-refractivity contribution in [3.05, 3.63) is 35.9 Å². The Balaban J connectivity index is 1.69. The first-order chi connectivity index (χ1) is 7.34. The monoisotopic (exact) mass is 269 g/mol. The third-order valence-corrected chi connectivity index (χ3v) is 4.98. The summed E-state index contributed by atoms with van der Waals surface area (Å²) < 4.78 is 0. The summed E-state index contributed by atoms with van der Waals surface area (Å²) in [6.45, 7) is 0. The van der Waals surface area contributed by atoms with Crippen LogP contribution < -0.4 is 5.32 Å². The Kier molecular flexibility index (Phi) is 3.81. The number of rotatable bonds is 4. The van der Waals surface area contributed by atoms with Gasteiger partial charge in [-0.15, -0.1) is 0 Å². The molecule has 15 heavy (non-hydrogen) atoms. The second-order valence-electron chi connectivity index (χ2n) is 3.80. The van der Waals surface area contributed by atoms with E-state index in [-0.39, 0.29) is 5.91 Å². The van der Waals surface area contributed by atoms with E-state index in [1.807, 2.05) is 6.07 Å². The van der Waals surface area contributed by atoms with Crippen LogP contribution in [0.1, 0.15) is 18.4 Å². The van der Waals surface area contributed by atoms with Crippen molar-refractivity contribution < 1.29 is 4.79 Å². The molecular weight excluding hydrogens is 253 g/mol. The molecule has 1 N–H and O–H groups in total. The number of hydrogen-bond donors (Lipinski definition) is 1. The summed E-state index contributed by atoms with van der Waals surface area (Å²) in [7, 11) is 0. The minimum absolute atomic E-state index is 0.232. The summed E-state index contributed by atoms with van der Waals surface area (Å²) in [5, 5.41) is 5.37. The third kappa shape index (κ3) is 3.36. The summed E-state index contributed by atoms with van der Waals surface area (Å²) in [5.74, 6) is 0.232. The second kappa shape index (κ2) is 5.34. The van der Waals surface area contributed by atoms with E-state index in [1.165, 1.54) is 16.2 Å². The number of hydrogen-bond acceptors (Lipinski definition) is 1. The van der Waals surface area contributed by atoms with Crippen LogP contribution in [0.5, 0.6) is 0 Å². The molecule has 3 heteroatoms. The SMILES string of the molecule is O=C1CC[C@@H](C[Se]Cc2ccccc2)N1. The molecule has 0 bridgehead atoms.